The Morgan fingerprint density at radius 2 is 2.18 bits per heavy atom. The predicted octanol–water partition coefficient (Wildman–Crippen LogP) is 3.16. The normalized spacial score (nSPS) is 24.9. The van der Waals surface area contributed by atoms with Crippen molar-refractivity contribution in [2.45, 2.75) is 18.9 Å². The molecule has 1 N–H and O–H groups in total. The van der Waals surface area contributed by atoms with Crippen LogP contribution in [-0.4, -0.2) is 26.3 Å². The van der Waals surface area contributed by atoms with Crippen LogP contribution >= 0.6 is 23.2 Å². The first-order valence-electron chi connectivity index (χ1n) is 5.88. The van der Waals surface area contributed by atoms with Crippen molar-refractivity contribution in [2.24, 2.45) is 5.92 Å². The van der Waals surface area contributed by atoms with Crippen LogP contribution in [0.25, 0.3) is 0 Å². The first kappa shape index (κ1) is 13.2. The zero-order valence-corrected chi connectivity index (χ0v) is 11.4. The molecule has 0 aliphatic carbocycles. The maximum absolute atomic E-state index is 6.03. The molecule has 0 amide bonds. The average Bonchev–Trinajstić information content (AvgIpc) is 2.34. The Labute approximate surface area is 112 Å². The van der Waals surface area contributed by atoms with Crippen LogP contribution in [0.1, 0.15) is 12.0 Å². The van der Waals surface area contributed by atoms with Crippen molar-refractivity contribution in [1.29, 1.82) is 0 Å². The highest BCUT2D eigenvalue weighted by atomic mass is 35.5. The third kappa shape index (κ3) is 3.35. The van der Waals surface area contributed by atoms with E-state index >= 15 is 0 Å². The van der Waals surface area contributed by atoms with E-state index in [0.29, 0.717) is 22.1 Å². The Balaban J connectivity index is 2.05. The lowest BCUT2D eigenvalue weighted by atomic mass is 9.88. The summed E-state index contributed by atoms with van der Waals surface area (Å²) in [5, 5.41) is 4.60. The number of hydrogen-bond acceptors (Lipinski definition) is 2. The van der Waals surface area contributed by atoms with Gasteiger partial charge in [0.25, 0.3) is 0 Å². The van der Waals surface area contributed by atoms with Gasteiger partial charge in [0.2, 0.25) is 0 Å². The number of hydrogen-bond donors (Lipinski definition) is 1. The maximum Gasteiger partial charge on any atom is 0.0727 e. The second-order valence-electron chi connectivity index (χ2n) is 4.48. The summed E-state index contributed by atoms with van der Waals surface area (Å²) in [5.41, 5.74) is 1.23. The number of rotatable bonds is 3. The lowest BCUT2D eigenvalue weighted by Crippen LogP contribution is -2.42. The highest BCUT2D eigenvalue weighted by Crippen LogP contribution is 2.26. The summed E-state index contributed by atoms with van der Waals surface area (Å²) in [6, 6.07) is 5.86. The van der Waals surface area contributed by atoms with Gasteiger partial charge in [0.1, 0.15) is 0 Å². The van der Waals surface area contributed by atoms with Crippen molar-refractivity contribution in [3.63, 3.8) is 0 Å². The molecule has 1 aliphatic rings. The van der Waals surface area contributed by atoms with Gasteiger partial charge in [-0.1, -0.05) is 29.3 Å². The Morgan fingerprint density at radius 1 is 1.35 bits per heavy atom. The van der Waals surface area contributed by atoms with E-state index in [4.69, 9.17) is 27.9 Å². The zero-order valence-electron chi connectivity index (χ0n) is 9.88. The van der Waals surface area contributed by atoms with Gasteiger partial charge in [-0.3, -0.25) is 0 Å². The molecule has 1 unspecified atom stereocenters. The minimum absolute atomic E-state index is 0.290. The van der Waals surface area contributed by atoms with Gasteiger partial charge < -0.3 is 10.1 Å². The van der Waals surface area contributed by atoms with Gasteiger partial charge in [0, 0.05) is 13.7 Å². The largest absolute Gasteiger partial charge is 0.380 e. The average molecular weight is 274 g/mol. The number of benzene rings is 1. The highest BCUT2D eigenvalue weighted by molar-refractivity contribution is 6.42. The fourth-order valence-corrected chi connectivity index (χ4v) is 2.68. The molecule has 0 radical (unpaired) electrons. The monoisotopic (exact) mass is 273 g/mol. The van der Waals surface area contributed by atoms with Crippen LogP contribution in [0.3, 0.4) is 0 Å². The van der Waals surface area contributed by atoms with Crippen molar-refractivity contribution in [3.05, 3.63) is 33.8 Å². The summed E-state index contributed by atoms with van der Waals surface area (Å²) in [4.78, 5) is 0. The lowest BCUT2D eigenvalue weighted by Gasteiger charge is -2.31. The van der Waals surface area contributed by atoms with Gasteiger partial charge in [0.05, 0.1) is 16.1 Å². The number of ether oxygens (including phenoxy) is 1. The molecule has 2 nitrogen and oxygen atoms in total. The quantitative estimate of drug-likeness (QED) is 0.914. The Kier molecular flexibility index (Phi) is 4.69. The molecule has 4 heteroatoms. The Bertz CT molecular complexity index is 384. The summed E-state index contributed by atoms with van der Waals surface area (Å²) in [6.45, 7) is 1.99. The van der Waals surface area contributed by atoms with Crippen LogP contribution in [0.4, 0.5) is 0 Å². The first-order valence-corrected chi connectivity index (χ1v) is 6.63. The fourth-order valence-electron chi connectivity index (χ4n) is 2.36. The summed E-state index contributed by atoms with van der Waals surface area (Å²) < 4.78 is 5.51. The van der Waals surface area contributed by atoms with Crippen LogP contribution in [-0.2, 0) is 11.2 Å². The molecule has 94 valence electrons. The second kappa shape index (κ2) is 6.05. The third-order valence-corrected chi connectivity index (χ3v) is 4.09. The number of nitrogens with one attached hydrogen (secondary N) is 1. The van der Waals surface area contributed by atoms with E-state index in [9.17, 15) is 0 Å². The van der Waals surface area contributed by atoms with E-state index < -0.39 is 0 Å². The summed E-state index contributed by atoms with van der Waals surface area (Å²) >= 11 is 11.9. The molecule has 17 heavy (non-hydrogen) atoms. The molecule has 1 aromatic carbocycles. The fraction of sp³-hybridized carbons (Fsp3) is 0.538. The van der Waals surface area contributed by atoms with E-state index in [0.717, 1.165) is 25.9 Å². The number of halogens is 2. The number of methoxy groups -OCH3 is 1. The molecule has 0 bridgehead atoms. The summed E-state index contributed by atoms with van der Waals surface area (Å²) in [6.07, 6.45) is 2.42. The molecule has 1 aromatic rings. The molecule has 0 saturated carbocycles. The van der Waals surface area contributed by atoms with Gasteiger partial charge in [-0.25, -0.2) is 0 Å². The van der Waals surface area contributed by atoms with Crippen LogP contribution in [0.15, 0.2) is 18.2 Å². The van der Waals surface area contributed by atoms with Crippen molar-refractivity contribution in [3.8, 4) is 0 Å². The molecular weight excluding hydrogens is 257 g/mol. The highest BCUT2D eigenvalue weighted by Gasteiger charge is 2.24. The third-order valence-electron chi connectivity index (χ3n) is 3.35. The molecule has 1 fully saturated rings. The van der Waals surface area contributed by atoms with Gasteiger partial charge in [-0.2, -0.15) is 0 Å². The van der Waals surface area contributed by atoms with Gasteiger partial charge >= 0.3 is 0 Å². The van der Waals surface area contributed by atoms with E-state index in [1.165, 1.54) is 5.56 Å². The van der Waals surface area contributed by atoms with Crippen LogP contribution in [0, 0.1) is 5.92 Å². The molecule has 0 spiro atoms. The van der Waals surface area contributed by atoms with Crippen LogP contribution in [0.5, 0.6) is 0 Å². The van der Waals surface area contributed by atoms with Crippen molar-refractivity contribution < 1.29 is 4.74 Å². The van der Waals surface area contributed by atoms with Crippen molar-refractivity contribution in [1.82, 2.24) is 5.32 Å². The smallest absolute Gasteiger partial charge is 0.0727 e. The van der Waals surface area contributed by atoms with Crippen LogP contribution < -0.4 is 5.32 Å². The van der Waals surface area contributed by atoms with Crippen LogP contribution in [0.2, 0.25) is 10.0 Å². The number of piperidine rings is 1. The van der Waals surface area contributed by atoms with E-state index in [-0.39, 0.29) is 0 Å². The first-order chi connectivity index (χ1) is 8.20. The molecule has 1 heterocycles. The van der Waals surface area contributed by atoms with Gasteiger partial charge in [-0.05, 0) is 43.0 Å². The summed E-state index contributed by atoms with van der Waals surface area (Å²) in [5.74, 6) is 0.554. The Hall–Kier alpha value is -0.280. The minimum atomic E-state index is 0.290. The molecule has 2 atom stereocenters. The molecular formula is C13H17Cl2NO. The molecule has 2 rings (SSSR count). The van der Waals surface area contributed by atoms with E-state index in [2.05, 4.69) is 5.32 Å². The molecule has 1 aliphatic heterocycles. The van der Waals surface area contributed by atoms with Gasteiger partial charge in [-0.15, -0.1) is 0 Å². The topological polar surface area (TPSA) is 21.3 Å². The standard InChI is InChI=1S/C13H17Cl2NO/c1-17-13-8-16-5-4-10(13)6-9-2-3-11(14)12(15)7-9/h2-3,7,10,13,16H,4-6,8H2,1H3/t10?,13-/m1/s1. The molecule has 0 aromatic heterocycles. The van der Waals surface area contributed by atoms with Gasteiger partial charge in [0.15, 0.2) is 0 Å². The van der Waals surface area contributed by atoms with E-state index in [1.807, 2.05) is 18.2 Å². The maximum atomic E-state index is 6.03. The lowest BCUT2D eigenvalue weighted by molar-refractivity contribution is 0.0341. The predicted molar refractivity (Wildman–Crippen MR) is 71.9 cm³/mol. The minimum Gasteiger partial charge on any atom is -0.380 e. The summed E-state index contributed by atoms with van der Waals surface area (Å²) in [7, 11) is 1.78. The molecule has 1 saturated heterocycles. The SMILES string of the molecule is CO[C@@H]1CNCCC1Cc1ccc(Cl)c(Cl)c1. The van der Waals surface area contributed by atoms with Crippen molar-refractivity contribution in [2.75, 3.05) is 20.2 Å². The second-order valence-corrected chi connectivity index (χ2v) is 5.29. The van der Waals surface area contributed by atoms with Crippen molar-refractivity contribution >= 4 is 23.2 Å². The Morgan fingerprint density at radius 3 is 2.88 bits per heavy atom. The van der Waals surface area contributed by atoms with E-state index in [1.54, 1.807) is 7.11 Å². The zero-order chi connectivity index (χ0) is 12.3.